The number of thiophene rings is 1. The minimum atomic E-state index is -0.140. The number of hydrogen-bond donors (Lipinski definition) is 1. The van der Waals surface area contributed by atoms with Gasteiger partial charge in [-0.05, 0) is 55.5 Å². The molecule has 0 radical (unpaired) electrons. The zero-order valence-corrected chi connectivity index (χ0v) is 14.7. The lowest BCUT2D eigenvalue weighted by molar-refractivity contribution is -0.116. The molecule has 0 saturated carbocycles. The summed E-state index contributed by atoms with van der Waals surface area (Å²) < 4.78 is 5.53. The lowest BCUT2D eigenvalue weighted by Gasteiger charge is -2.09. The van der Waals surface area contributed by atoms with Crippen molar-refractivity contribution in [1.82, 2.24) is 0 Å². The highest BCUT2D eigenvalue weighted by molar-refractivity contribution is 7.16. The van der Waals surface area contributed by atoms with Crippen LogP contribution >= 0.6 is 22.9 Å². The Hall–Kier alpha value is -2.03. The van der Waals surface area contributed by atoms with Crippen LogP contribution in [0.5, 0.6) is 5.75 Å². The average Bonchev–Trinajstić information content (AvgIpc) is 2.93. The molecule has 124 valence electrons. The monoisotopic (exact) mass is 360 g/mol. The number of hydrogen-bond acceptors (Lipinski definition) is 4. The number of amides is 1. The number of anilines is 1. The predicted molar refractivity (Wildman–Crippen MR) is 95.9 cm³/mol. The van der Waals surface area contributed by atoms with Crippen molar-refractivity contribution in [1.29, 1.82) is 5.26 Å². The third-order valence-corrected chi connectivity index (χ3v) is 5.41. The summed E-state index contributed by atoms with van der Waals surface area (Å²) in [6.45, 7) is 0.278. The van der Waals surface area contributed by atoms with Crippen molar-refractivity contribution in [3.63, 3.8) is 0 Å². The van der Waals surface area contributed by atoms with Gasteiger partial charge in [0.05, 0.1) is 18.6 Å². The summed E-state index contributed by atoms with van der Waals surface area (Å²) in [6.07, 6.45) is 4.44. The van der Waals surface area contributed by atoms with E-state index < -0.39 is 0 Å². The number of aryl methyl sites for hydroxylation is 1. The number of carbonyl (C=O) groups excluding carboxylic acids is 1. The Morgan fingerprint density at radius 1 is 1.29 bits per heavy atom. The first-order chi connectivity index (χ1) is 11.7. The molecule has 0 unspecified atom stereocenters. The first-order valence-electron chi connectivity index (χ1n) is 7.90. The van der Waals surface area contributed by atoms with Gasteiger partial charge >= 0.3 is 0 Å². The van der Waals surface area contributed by atoms with Crippen molar-refractivity contribution >= 4 is 33.8 Å². The van der Waals surface area contributed by atoms with Gasteiger partial charge in [-0.2, -0.15) is 5.26 Å². The molecule has 1 aromatic heterocycles. The maximum atomic E-state index is 12.1. The van der Waals surface area contributed by atoms with Crippen LogP contribution < -0.4 is 10.1 Å². The normalized spacial score (nSPS) is 13.0. The van der Waals surface area contributed by atoms with Crippen molar-refractivity contribution in [2.45, 2.75) is 32.1 Å². The van der Waals surface area contributed by atoms with E-state index in [-0.39, 0.29) is 18.9 Å². The van der Waals surface area contributed by atoms with Gasteiger partial charge in [-0.3, -0.25) is 4.79 Å². The highest BCUT2D eigenvalue weighted by Gasteiger charge is 2.21. The molecule has 4 nitrogen and oxygen atoms in total. The van der Waals surface area contributed by atoms with Crippen molar-refractivity contribution < 1.29 is 9.53 Å². The molecule has 1 amide bonds. The van der Waals surface area contributed by atoms with E-state index in [0.717, 1.165) is 31.2 Å². The van der Waals surface area contributed by atoms with Crippen LogP contribution in [0.4, 0.5) is 5.00 Å². The van der Waals surface area contributed by atoms with Crippen molar-refractivity contribution in [3.05, 3.63) is 45.3 Å². The third-order valence-electron chi connectivity index (χ3n) is 3.95. The standard InChI is InChI=1S/C18H17ClN2O2S/c19-12-5-7-13(8-6-12)23-10-9-17(22)21-18-15(11-20)14-3-1-2-4-16(14)24-18/h5-8H,1-4,9-10H2,(H,21,22). The molecule has 1 aliphatic rings. The van der Waals surface area contributed by atoms with Gasteiger partial charge in [-0.15, -0.1) is 11.3 Å². The summed E-state index contributed by atoms with van der Waals surface area (Å²) in [5.74, 6) is 0.538. The smallest absolute Gasteiger partial charge is 0.228 e. The third kappa shape index (κ3) is 3.89. The molecule has 2 aromatic rings. The summed E-state index contributed by atoms with van der Waals surface area (Å²) >= 11 is 7.35. The van der Waals surface area contributed by atoms with E-state index in [4.69, 9.17) is 16.3 Å². The molecule has 0 atom stereocenters. The number of nitrogens with one attached hydrogen (secondary N) is 1. The Labute approximate surface area is 150 Å². The number of benzene rings is 1. The van der Waals surface area contributed by atoms with Gasteiger partial charge in [-0.25, -0.2) is 0 Å². The van der Waals surface area contributed by atoms with E-state index in [1.807, 2.05) is 0 Å². The van der Waals surface area contributed by atoms with E-state index in [1.54, 1.807) is 24.3 Å². The molecule has 1 heterocycles. The number of ether oxygens (including phenoxy) is 1. The lowest BCUT2D eigenvalue weighted by Crippen LogP contribution is -2.15. The van der Waals surface area contributed by atoms with Crippen LogP contribution in [0.1, 0.15) is 35.3 Å². The Kier molecular flexibility index (Phi) is 5.39. The fourth-order valence-corrected chi connectivity index (χ4v) is 4.14. The molecule has 0 fully saturated rings. The molecular weight excluding hydrogens is 344 g/mol. The molecule has 1 N–H and O–H groups in total. The number of nitrogens with zero attached hydrogens (tertiary/aromatic N) is 1. The highest BCUT2D eigenvalue weighted by atomic mass is 35.5. The number of halogens is 1. The van der Waals surface area contributed by atoms with Crippen LogP contribution in [0.2, 0.25) is 5.02 Å². The van der Waals surface area contributed by atoms with E-state index >= 15 is 0 Å². The Morgan fingerprint density at radius 2 is 2.04 bits per heavy atom. The van der Waals surface area contributed by atoms with Gasteiger partial charge < -0.3 is 10.1 Å². The molecule has 1 aromatic carbocycles. The average molecular weight is 361 g/mol. The summed E-state index contributed by atoms with van der Waals surface area (Å²) in [5.41, 5.74) is 1.77. The Bertz CT molecular complexity index is 778. The lowest BCUT2D eigenvalue weighted by atomic mass is 9.96. The summed E-state index contributed by atoms with van der Waals surface area (Å²) in [7, 11) is 0. The minimum Gasteiger partial charge on any atom is -0.493 e. The van der Waals surface area contributed by atoms with E-state index in [9.17, 15) is 10.1 Å². The van der Waals surface area contributed by atoms with E-state index in [2.05, 4.69) is 11.4 Å². The van der Waals surface area contributed by atoms with Crippen LogP contribution in [0.15, 0.2) is 24.3 Å². The quantitative estimate of drug-likeness (QED) is 0.850. The molecule has 0 saturated heterocycles. The van der Waals surface area contributed by atoms with Crippen molar-refractivity contribution in [2.75, 3.05) is 11.9 Å². The van der Waals surface area contributed by atoms with Gasteiger partial charge in [0.25, 0.3) is 0 Å². The molecule has 3 rings (SSSR count). The number of fused-ring (bicyclic) bond motifs is 1. The first-order valence-corrected chi connectivity index (χ1v) is 9.09. The highest BCUT2D eigenvalue weighted by Crippen LogP contribution is 2.37. The summed E-state index contributed by atoms with van der Waals surface area (Å²) in [6, 6.07) is 9.26. The summed E-state index contributed by atoms with van der Waals surface area (Å²) in [5, 5.41) is 13.6. The van der Waals surface area contributed by atoms with Gasteiger partial charge in [0, 0.05) is 9.90 Å². The fraction of sp³-hybridized carbons (Fsp3) is 0.333. The second-order valence-electron chi connectivity index (χ2n) is 5.63. The maximum Gasteiger partial charge on any atom is 0.228 e. The molecule has 0 bridgehead atoms. The first kappa shape index (κ1) is 16.8. The second kappa shape index (κ2) is 7.69. The molecule has 6 heteroatoms. The molecule has 24 heavy (non-hydrogen) atoms. The number of rotatable bonds is 5. The Balaban J connectivity index is 1.56. The van der Waals surface area contributed by atoms with E-state index in [0.29, 0.717) is 21.3 Å². The van der Waals surface area contributed by atoms with Gasteiger partial charge in [0.15, 0.2) is 0 Å². The molecule has 1 aliphatic carbocycles. The van der Waals surface area contributed by atoms with Crippen LogP contribution in [-0.4, -0.2) is 12.5 Å². The van der Waals surface area contributed by atoms with Crippen molar-refractivity contribution in [2.24, 2.45) is 0 Å². The number of carbonyl (C=O) groups is 1. The number of nitriles is 1. The maximum absolute atomic E-state index is 12.1. The Morgan fingerprint density at radius 3 is 2.79 bits per heavy atom. The second-order valence-corrected chi connectivity index (χ2v) is 7.17. The molecule has 0 spiro atoms. The van der Waals surface area contributed by atoms with Gasteiger partial charge in [0.2, 0.25) is 5.91 Å². The molecule has 0 aliphatic heterocycles. The van der Waals surface area contributed by atoms with Crippen LogP contribution in [-0.2, 0) is 17.6 Å². The minimum absolute atomic E-state index is 0.140. The van der Waals surface area contributed by atoms with Crippen molar-refractivity contribution in [3.8, 4) is 11.8 Å². The van der Waals surface area contributed by atoms with Crippen LogP contribution in [0.3, 0.4) is 0 Å². The SMILES string of the molecule is N#Cc1c(NC(=O)CCOc2ccc(Cl)cc2)sc2c1CCCC2. The zero-order chi connectivity index (χ0) is 16.9. The zero-order valence-electron chi connectivity index (χ0n) is 13.1. The largest absolute Gasteiger partial charge is 0.493 e. The topological polar surface area (TPSA) is 62.1 Å². The van der Waals surface area contributed by atoms with E-state index in [1.165, 1.54) is 16.2 Å². The molecular formula is C18H17ClN2O2S. The van der Waals surface area contributed by atoms with Crippen LogP contribution in [0.25, 0.3) is 0 Å². The summed E-state index contributed by atoms with van der Waals surface area (Å²) in [4.78, 5) is 13.4. The van der Waals surface area contributed by atoms with Crippen LogP contribution in [0, 0.1) is 11.3 Å². The predicted octanol–water partition coefficient (Wildman–Crippen LogP) is 4.56. The van der Waals surface area contributed by atoms with Gasteiger partial charge in [0.1, 0.15) is 16.8 Å². The van der Waals surface area contributed by atoms with Gasteiger partial charge in [-0.1, -0.05) is 11.6 Å². The fourth-order valence-electron chi connectivity index (χ4n) is 2.75.